The zero-order valence-corrected chi connectivity index (χ0v) is 6.52. The number of phenols is 1. The molecular weight excluding hydrogens is 174 g/mol. The van der Waals surface area contributed by atoms with Crippen molar-refractivity contribution in [2.45, 2.75) is 0 Å². The molecule has 1 aromatic carbocycles. The SMILES string of the molecule is N=C(N)c1ccc(O)c([N+](=O)[O-])c1. The molecule has 4 N–H and O–H groups in total. The van der Waals surface area contributed by atoms with Crippen molar-refractivity contribution < 1.29 is 10.0 Å². The van der Waals surface area contributed by atoms with E-state index in [1.165, 1.54) is 6.07 Å². The Labute approximate surface area is 73.3 Å². The van der Waals surface area contributed by atoms with E-state index < -0.39 is 16.4 Å². The van der Waals surface area contributed by atoms with Crippen LogP contribution < -0.4 is 5.73 Å². The zero-order valence-electron chi connectivity index (χ0n) is 6.52. The second kappa shape index (κ2) is 3.10. The number of nitrogen functional groups attached to an aromatic ring is 1. The van der Waals surface area contributed by atoms with Crippen LogP contribution in [0.15, 0.2) is 18.2 Å². The fourth-order valence-electron chi connectivity index (χ4n) is 0.837. The highest BCUT2D eigenvalue weighted by molar-refractivity contribution is 5.95. The summed E-state index contributed by atoms with van der Waals surface area (Å²) in [7, 11) is 0. The van der Waals surface area contributed by atoms with Gasteiger partial charge in [0.15, 0.2) is 5.75 Å². The van der Waals surface area contributed by atoms with Crippen LogP contribution in [0.5, 0.6) is 5.75 Å². The van der Waals surface area contributed by atoms with Crippen LogP contribution in [0.1, 0.15) is 5.56 Å². The predicted octanol–water partition coefficient (Wildman–Crippen LogP) is 0.584. The van der Waals surface area contributed by atoms with Gasteiger partial charge in [0.25, 0.3) is 0 Å². The molecule has 13 heavy (non-hydrogen) atoms. The van der Waals surface area contributed by atoms with Gasteiger partial charge in [0.2, 0.25) is 0 Å². The molecule has 0 radical (unpaired) electrons. The first kappa shape index (κ1) is 8.98. The molecule has 0 amide bonds. The highest BCUT2D eigenvalue weighted by Crippen LogP contribution is 2.25. The molecule has 0 bridgehead atoms. The number of nitrogens with two attached hydrogens (primary N) is 1. The molecule has 1 rings (SSSR count). The van der Waals surface area contributed by atoms with Crippen LogP contribution in [0.3, 0.4) is 0 Å². The fraction of sp³-hybridized carbons (Fsp3) is 0. The van der Waals surface area contributed by atoms with Crippen molar-refractivity contribution in [3.63, 3.8) is 0 Å². The smallest absolute Gasteiger partial charge is 0.311 e. The van der Waals surface area contributed by atoms with E-state index in [9.17, 15) is 10.1 Å². The van der Waals surface area contributed by atoms with E-state index in [0.29, 0.717) is 0 Å². The first-order valence-corrected chi connectivity index (χ1v) is 3.34. The lowest BCUT2D eigenvalue weighted by atomic mass is 10.2. The standard InChI is InChI=1S/C7H7N3O3/c8-7(9)4-1-2-6(11)5(3-4)10(12)13/h1-3,11H,(H3,8,9). The average Bonchev–Trinajstić information content (AvgIpc) is 2.04. The first-order chi connectivity index (χ1) is 6.02. The normalized spacial score (nSPS) is 9.54. The van der Waals surface area contributed by atoms with E-state index in [1.54, 1.807) is 0 Å². The molecule has 0 spiro atoms. The monoisotopic (exact) mass is 181 g/mol. The first-order valence-electron chi connectivity index (χ1n) is 3.34. The third kappa shape index (κ3) is 1.73. The van der Waals surface area contributed by atoms with Crippen molar-refractivity contribution in [3.05, 3.63) is 33.9 Å². The van der Waals surface area contributed by atoms with Crippen LogP contribution in [0, 0.1) is 15.5 Å². The summed E-state index contributed by atoms with van der Waals surface area (Å²) in [6, 6.07) is 3.52. The molecule has 0 aliphatic rings. The van der Waals surface area contributed by atoms with Crippen molar-refractivity contribution in [1.82, 2.24) is 0 Å². The summed E-state index contributed by atoms with van der Waals surface area (Å²) in [6.07, 6.45) is 0. The summed E-state index contributed by atoms with van der Waals surface area (Å²) >= 11 is 0. The maximum absolute atomic E-state index is 10.3. The minimum Gasteiger partial charge on any atom is -0.502 e. The summed E-state index contributed by atoms with van der Waals surface area (Å²) < 4.78 is 0. The van der Waals surface area contributed by atoms with Crippen LogP contribution >= 0.6 is 0 Å². The molecule has 0 unspecified atom stereocenters. The van der Waals surface area contributed by atoms with Gasteiger partial charge < -0.3 is 10.8 Å². The Balaban J connectivity index is 3.27. The number of aromatic hydroxyl groups is 1. The zero-order chi connectivity index (χ0) is 10.0. The molecule has 0 saturated heterocycles. The number of nitrogens with one attached hydrogen (secondary N) is 1. The number of benzene rings is 1. The van der Waals surface area contributed by atoms with Gasteiger partial charge in [-0.2, -0.15) is 0 Å². The Morgan fingerprint density at radius 1 is 1.62 bits per heavy atom. The van der Waals surface area contributed by atoms with Gasteiger partial charge in [-0.1, -0.05) is 0 Å². The van der Waals surface area contributed by atoms with Crippen LogP contribution in [-0.2, 0) is 0 Å². The van der Waals surface area contributed by atoms with Gasteiger partial charge in [-0.3, -0.25) is 15.5 Å². The van der Waals surface area contributed by atoms with E-state index in [1.807, 2.05) is 0 Å². The summed E-state index contributed by atoms with van der Waals surface area (Å²) in [6.45, 7) is 0. The van der Waals surface area contributed by atoms with E-state index in [2.05, 4.69) is 0 Å². The predicted molar refractivity (Wildman–Crippen MR) is 45.8 cm³/mol. The van der Waals surface area contributed by atoms with E-state index in [0.717, 1.165) is 12.1 Å². The molecule has 0 atom stereocenters. The highest BCUT2D eigenvalue weighted by Gasteiger charge is 2.13. The number of phenolic OH excluding ortho intramolecular Hbond substituents is 1. The number of amidine groups is 1. The summed E-state index contributed by atoms with van der Waals surface area (Å²) in [4.78, 5) is 9.60. The topological polar surface area (TPSA) is 113 Å². The maximum Gasteiger partial charge on any atom is 0.311 e. The van der Waals surface area contributed by atoms with E-state index >= 15 is 0 Å². The summed E-state index contributed by atoms with van der Waals surface area (Å²) in [5, 5.41) is 26.4. The second-order valence-electron chi connectivity index (χ2n) is 2.37. The third-order valence-electron chi connectivity index (χ3n) is 1.48. The Morgan fingerprint density at radius 2 is 2.23 bits per heavy atom. The fourth-order valence-corrected chi connectivity index (χ4v) is 0.837. The molecule has 0 aromatic heterocycles. The van der Waals surface area contributed by atoms with Gasteiger partial charge in [0.05, 0.1) is 4.92 Å². The molecule has 6 nitrogen and oxygen atoms in total. The van der Waals surface area contributed by atoms with Crippen LogP contribution in [0.4, 0.5) is 5.69 Å². The lowest BCUT2D eigenvalue weighted by molar-refractivity contribution is -0.385. The second-order valence-corrected chi connectivity index (χ2v) is 2.37. The Morgan fingerprint density at radius 3 is 2.69 bits per heavy atom. The van der Waals surface area contributed by atoms with Crippen molar-refractivity contribution in [1.29, 1.82) is 5.41 Å². The Bertz CT molecular complexity index is 375. The molecule has 0 aliphatic heterocycles. The van der Waals surface area contributed by atoms with Crippen LogP contribution in [0.25, 0.3) is 0 Å². The Hall–Kier alpha value is -2.11. The minimum atomic E-state index is -0.734. The molecular formula is C7H7N3O3. The lowest BCUT2D eigenvalue weighted by Crippen LogP contribution is -2.11. The molecule has 0 fully saturated rings. The number of hydrogen-bond donors (Lipinski definition) is 3. The largest absolute Gasteiger partial charge is 0.502 e. The number of hydrogen-bond acceptors (Lipinski definition) is 4. The quantitative estimate of drug-likeness (QED) is 0.268. The van der Waals surface area contributed by atoms with E-state index in [-0.39, 0.29) is 11.4 Å². The van der Waals surface area contributed by atoms with Gasteiger partial charge in [0, 0.05) is 11.6 Å². The van der Waals surface area contributed by atoms with E-state index in [4.69, 9.17) is 16.2 Å². The minimum absolute atomic E-state index is 0.213. The summed E-state index contributed by atoms with van der Waals surface area (Å²) in [5.41, 5.74) is 4.87. The Kier molecular flexibility index (Phi) is 2.14. The lowest BCUT2D eigenvalue weighted by Gasteiger charge is -1.99. The molecule has 68 valence electrons. The van der Waals surface area contributed by atoms with Crippen LogP contribution in [0.2, 0.25) is 0 Å². The number of nitro benzene ring substituents is 1. The van der Waals surface area contributed by atoms with Crippen molar-refractivity contribution in [2.75, 3.05) is 0 Å². The molecule has 6 heteroatoms. The van der Waals surface area contributed by atoms with Crippen molar-refractivity contribution in [3.8, 4) is 5.75 Å². The van der Waals surface area contributed by atoms with Crippen LogP contribution in [-0.4, -0.2) is 15.9 Å². The average molecular weight is 181 g/mol. The molecule has 1 aromatic rings. The molecule has 0 heterocycles. The highest BCUT2D eigenvalue weighted by atomic mass is 16.6. The van der Waals surface area contributed by atoms with Crippen molar-refractivity contribution in [2.24, 2.45) is 5.73 Å². The molecule has 0 aliphatic carbocycles. The van der Waals surface area contributed by atoms with Crippen molar-refractivity contribution >= 4 is 11.5 Å². The van der Waals surface area contributed by atoms with Gasteiger partial charge in [0.1, 0.15) is 5.84 Å². The van der Waals surface area contributed by atoms with Gasteiger partial charge in [-0.25, -0.2) is 0 Å². The maximum atomic E-state index is 10.3. The third-order valence-corrected chi connectivity index (χ3v) is 1.48. The molecule has 0 saturated carbocycles. The number of nitrogens with zero attached hydrogens (tertiary/aromatic N) is 1. The van der Waals surface area contributed by atoms with Gasteiger partial charge in [-0.15, -0.1) is 0 Å². The van der Waals surface area contributed by atoms with Gasteiger partial charge >= 0.3 is 5.69 Å². The number of nitro groups is 1. The summed E-state index contributed by atoms with van der Waals surface area (Å²) in [5.74, 6) is -0.710. The number of rotatable bonds is 2. The van der Waals surface area contributed by atoms with Gasteiger partial charge in [-0.05, 0) is 12.1 Å².